The lowest BCUT2D eigenvalue weighted by Crippen LogP contribution is -2.47. The van der Waals surface area contributed by atoms with Crippen LogP contribution in [0.15, 0.2) is 24.3 Å². The fourth-order valence-electron chi connectivity index (χ4n) is 2.49. The van der Waals surface area contributed by atoms with Gasteiger partial charge in [-0.15, -0.1) is 0 Å². The molecule has 0 saturated carbocycles. The van der Waals surface area contributed by atoms with Gasteiger partial charge in [-0.3, -0.25) is 4.79 Å². The van der Waals surface area contributed by atoms with E-state index in [1.807, 2.05) is 0 Å². The Morgan fingerprint density at radius 1 is 1.21 bits per heavy atom. The predicted molar refractivity (Wildman–Crippen MR) is 92.6 cm³/mol. The first-order valence-electron chi connectivity index (χ1n) is 6.84. The molecule has 1 aliphatic rings. The lowest BCUT2D eigenvalue weighted by Gasteiger charge is -2.31. The quantitative estimate of drug-likeness (QED) is 0.560. The van der Waals surface area contributed by atoms with Crippen LogP contribution in [0.3, 0.4) is 0 Å². The third-order valence-electron chi connectivity index (χ3n) is 3.60. The zero-order valence-electron chi connectivity index (χ0n) is 12.5. The van der Waals surface area contributed by atoms with Crippen LogP contribution in [0.4, 0.5) is 5.69 Å². The highest BCUT2D eigenvalue weighted by molar-refractivity contribution is 7.91. The van der Waals surface area contributed by atoms with Gasteiger partial charge in [0, 0.05) is 5.69 Å². The Morgan fingerprint density at radius 3 is 2.21 bits per heavy atom. The summed E-state index contributed by atoms with van der Waals surface area (Å²) >= 11 is 17.1. The molecule has 0 N–H and O–H groups in total. The lowest BCUT2D eigenvalue weighted by atomic mass is 10.1. The van der Waals surface area contributed by atoms with Crippen molar-refractivity contribution in [2.24, 2.45) is 0 Å². The fraction of sp³-hybridized carbons (Fsp3) is 0.429. The van der Waals surface area contributed by atoms with Gasteiger partial charge in [0.1, 0.15) is 0 Å². The minimum atomic E-state index is -3.25. The van der Waals surface area contributed by atoms with Crippen molar-refractivity contribution >= 4 is 62.2 Å². The van der Waals surface area contributed by atoms with E-state index in [9.17, 15) is 18.0 Å². The summed E-state index contributed by atoms with van der Waals surface area (Å²) in [6, 6.07) is 5.21. The molecule has 0 aromatic heterocycles. The van der Waals surface area contributed by atoms with Gasteiger partial charge < -0.3 is 9.64 Å². The van der Waals surface area contributed by atoms with E-state index in [1.54, 1.807) is 0 Å². The Bertz CT molecular complexity index is 743. The lowest BCUT2D eigenvalue weighted by molar-refractivity contribution is -0.118. The summed E-state index contributed by atoms with van der Waals surface area (Å²) in [5.74, 6) is -1.63. The van der Waals surface area contributed by atoms with Gasteiger partial charge in [0.15, 0.2) is 9.84 Å². The van der Waals surface area contributed by atoms with E-state index >= 15 is 0 Å². The molecule has 2 rings (SSSR count). The minimum absolute atomic E-state index is 0.0401. The average Bonchev–Trinajstić information content (AvgIpc) is 2.86. The van der Waals surface area contributed by atoms with Crippen LogP contribution in [-0.4, -0.2) is 48.7 Å². The molecule has 0 radical (unpaired) electrons. The standard InChI is InChI=1S/C14H14Cl3NO5S/c1-23-12(19)9-2-4-10(5-3-9)18(13(20)14(15,16)17)11-6-7-24(21,22)8-11/h2-5,11H,6-8H2,1H3. The molecule has 0 spiro atoms. The molecule has 0 aliphatic carbocycles. The van der Waals surface area contributed by atoms with E-state index in [0.29, 0.717) is 5.69 Å². The Kier molecular flexibility index (Phi) is 5.69. The molecule has 1 fully saturated rings. The Hall–Kier alpha value is -1.02. The van der Waals surface area contributed by atoms with Crippen LogP contribution in [0.5, 0.6) is 0 Å². The summed E-state index contributed by atoms with van der Waals surface area (Å²) < 4.78 is 25.8. The van der Waals surface area contributed by atoms with Gasteiger partial charge in [-0.2, -0.15) is 0 Å². The molecular formula is C14H14Cl3NO5S. The molecule has 0 bridgehead atoms. The second-order valence-corrected chi connectivity index (χ2v) is 9.78. The third kappa shape index (κ3) is 4.33. The molecule has 1 amide bonds. The molecule has 6 nitrogen and oxygen atoms in total. The van der Waals surface area contributed by atoms with E-state index in [4.69, 9.17) is 34.8 Å². The Balaban J connectivity index is 2.39. The van der Waals surface area contributed by atoms with Crippen molar-refractivity contribution < 1.29 is 22.7 Å². The molecule has 1 saturated heterocycles. The van der Waals surface area contributed by atoms with Gasteiger partial charge >= 0.3 is 5.97 Å². The molecule has 132 valence electrons. The van der Waals surface area contributed by atoms with E-state index in [1.165, 1.54) is 36.3 Å². The van der Waals surface area contributed by atoms with E-state index < -0.39 is 31.5 Å². The topological polar surface area (TPSA) is 80.8 Å². The second kappa shape index (κ2) is 7.07. The summed E-state index contributed by atoms with van der Waals surface area (Å²) in [6.45, 7) is 0. The molecule has 24 heavy (non-hydrogen) atoms. The SMILES string of the molecule is COC(=O)c1ccc(N(C(=O)C(Cl)(Cl)Cl)C2CCS(=O)(=O)C2)cc1. The molecule has 1 unspecified atom stereocenters. The second-order valence-electron chi connectivity index (χ2n) is 5.27. The maximum atomic E-state index is 12.5. The summed E-state index contributed by atoms with van der Waals surface area (Å²) in [5, 5.41) is 0. The molecule has 1 aromatic carbocycles. The maximum Gasteiger partial charge on any atom is 0.337 e. The number of methoxy groups -OCH3 is 1. The average molecular weight is 415 g/mol. The number of anilines is 1. The van der Waals surface area contributed by atoms with Gasteiger partial charge in [-0.1, -0.05) is 34.8 Å². The number of halogens is 3. The number of ether oxygens (including phenoxy) is 1. The van der Waals surface area contributed by atoms with Crippen LogP contribution in [0.2, 0.25) is 0 Å². The van der Waals surface area contributed by atoms with Crippen molar-refractivity contribution in [2.45, 2.75) is 16.3 Å². The summed E-state index contributed by atoms with van der Waals surface area (Å²) in [7, 11) is -2.00. The first-order valence-corrected chi connectivity index (χ1v) is 9.80. The number of rotatable bonds is 3. The zero-order chi connectivity index (χ0) is 18.1. The number of carbonyl (C=O) groups excluding carboxylic acids is 2. The number of nitrogens with zero attached hydrogens (tertiary/aromatic N) is 1. The number of benzene rings is 1. The van der Waals surface area contributed by atoms with Crippen LogP contribution in [0.1, 0.15) is 16.8 Å². The van der Waals surface area contributed by atoms with Crippen LogP contribution >= 0.6 is 34.8 Å². The number of amides is 1. The number of carbonyl (C=O) groups is 2. The number of sulfone groups is 1. The number of alkyl halides is 3. The fourth-order valence-corrected chi connectivity index (χ4v) is 4.46. The third-order valence-corrected chi connectivity index (χ3v) is 5.84. The largest absolute Gasteiger partial charge is 0.465 e. The zero-order valence-corrected chi connectivity index (χ0v) is 15.6. The van der Waals surface area contributed by atoms with E-state index in [2.05, 4.69) is 4.74 Å². The Morgan fingerprint density at radius 2 is 1.79 bits per heavy atom. The van der Waals surface area contributed by atoms with Crippen LogP contribution < -0.4 is 4.90 Å². The Labute approximate surface area is 154 Å². The van der Waals surface area contributed by atoms with Gasteiger partial charge in [0.25, 0.3) is 9.70 Å². The van der Waals surface area contributed by atoms with Crippen LogP contribution in [0.25, 0.3) is 0 Å². The van der Waals surface area contributed by atoms with Crippen molar-refractivity contribution in [3.8, 4) is 0 Å². The van der Waals surface area contributed by atoms with Crippen molar-refractivity contribution in [3.63, 3.8) is 0 Å². The highest BCUT2D eigenvalue weighted by Crippen LogP contribution is 2.34. The molecule has 1 aliphatic heterocycles. The predicted octanol–water partition coefficient (Wildman–Crippen LogP) is 2.36. The minimum Gasteiger partial charge on any atom is -0.465 e. The van der Waals surface area contributed by atoms with Gasteiger partial charge in [0.05, 0.1) is 30.2 Å². The first-order chi connectivity index (χ1) is 11.0. The van der Waals surface area contributed by atoms with Gasteiger partial charge in [-0.25, -0.2) is 13.2 Å². The summed E-state index contributed by atoms with van der Waals surface area (Å²) in [6.07, 6.45) is 0.244. The molecule has 1 aromatic rings. The van der Waals surface area contributed by atoms with E-state index in [0.717, 1.165) is 0 Å². The number of hydrogen-bond donors (Lipinski definition) is 0. The van der Waals surface area contributed by atoms with Gasteiger partial charge in [-0.05, 0) is 30.7 Å². The number of esters is 1. The smallest absolute Gasteiger partial charge is 0.337 e. The van der Waals surface area contributed by atoms with Crippen molar-refractivity contribution in [1.29, 1.82) is 0 Å². The maximum absolute atomic E-state index is 12.5. The number of hydrogen-bond acceptors (Lipinski definition) is 5. The summed E-state index contributed by atoms with van der Waals surface area (Å²) in [5.41, 5.74) is 0.614. The normalized spacial score (nSPS) is 19.8. The van der Waals surface area contributed by atoms with Crippen molar-refractivity contribution in [1.82, 2.24) is 0 Å². The van der Waals surface area contributed by atoms with Crippen molar-refractivity contribution in [3.05, 3.63) is 29.8 Å². The summed E-state index contributed by atoms with van der Waals surface area (Å²) in [4.78, 5) is 25.1. The van der Waals surface area contributed by atoms with Gasteiger partial charge in [0.2, 0.25) is 0 Å². The van der Waals surface area contributed by atoms with Crippen molar-refractivity contribution in [2.75, 3.05) is 23.5 Å². The highest BCUT2D eigenvalue weighted by Gasteiger charge is 2.42. The van der Waals surface area contributed by atoms with Crippen LogP contribution in [0, 0.1) is 0 Å². The molecule has 1 atom stereocenters. The molecule has 10 heteroatoms. The molecular weight excluding hydrogens is 401 g/mol. The monoisotopic (exact) mass is 413 g/mol. The van der Waals surface area contributed by atoms with E-state index in [-0.39, 0.29) is 23.5 Å². The van der Waals surface area contributed by atoms with Crippen LogP contribution in [-0.2, 0) is 19.4 Å². The molecule has 1 heterocycles. The highest BCUT2D eigenvalue weighted by atomic mass is 35.6. The first kappa shape index (κ1) is 19.3.